The molecule has 0 aliphatic carbocycles. The van der Waals surface area contributed by atoms with Gasteiger partial charge in [-0.3, -0.25) is 9.78 Å². The number of pyridine rings is 1. The number of aromatic nitrogens is 1. The molecule has 144 valence electrons. The van der Waals surface area contributed by atoms with E-state index >= 15 is 0 Å². The number of rotatable bonds is 6. The van der Waals surface area contributed by atoms with Crippen LogP contribution in [-0.4, -0.2) is 39.5 Å². The molecule has 1 aliphatic heterocycles. The third-order valence-electron chi connectivity index (χ3n) is 4.68. The van der Waals surface area contributed by atoms with Gasteiger partial charge in [-0.25, -0.2) is 13.1 Å². The molecule has 2 aromatic carbocycles. The Balaban J connectivity index is 1.37. The van der Waals surface area contributed by atoms with E-state index in [0.717, 1.165) is 22.2 Å². The number of benzene rings is 2. The third kappa shape index (κ3) is 3.56. The van der Waals surface area contributed by atoms with Gasteiger partial charge in [0.2, 0.25) is 15.9 Å². The third-order valence-corrected chi connectivity index (χ3v) is 6.13. The number of nitrogens with one attached hydrogen (secondary N) is 1. The molecule has 28 heavy (non-hydrogen) atoms. The minimum absolute atomic E-state index is 0.0449. The van der Waals surface area contributed by atoms with Crippen LogP contribution in [0.1, 0.15) is 5.56 Å². The number of carbonyl (C=O) groups is 1. The van der Waals surface area contributed by atoms with Gasteiger partial charge in [0.25, 0.3) is 0 Å². The van der Waals surface area contributed by atoms with Crippen molar-refractivity contribution in [3.05, 3.63) is 60.3 Å². The molecule has 1 N–H and O–H groups in total. The number of ether oxygens (including phenoxy) is 1. The number of hydrogen-bond acceptors (Lipinski definition) is 5. The SMILES string of the molecule is CN1C(=O)Cc2cc(S(=O)(=O)NCCOc3ccc4ncccc4c3)ccc21. The van der Waals surface area contributed by atoms with Crippen LogP contribution < -0.4 is 14.4 Å². The fourth-order valence-corrected chi connectivity index (χ4v) is 4.25. The number of carbonyl (C=O) groups excluding carboxylic acids is 1. The fraction of sp³-hybridized carbons (Fsp3) is 0.200. The van der Waals surface area contributed by atoms with Crippen LogP contribution in [0.5, 0.6) is 5.75 Å². The van der Waals surface area contributed by atoms with E-state index in [9.17, 15) is 13.2 Å². The van der Waals surface area contributed by atoms with Crippen LogP contribution in [0, 0.1) is 0 Å². The van der Waals surface area contributed by atoms with Gasteiger partial charge in [0.15, 0.2) is 0 Å². The van der Waals surface area contributed by atoms with Crippen LogP contribution in [0.2, 0.25) is 0 Å². The van der Waals surface area contributed by atoms with Crippen molar-refractivity contribution in [2.45, 2.75) is 11.3 Å². The molecule has 8 heteroatoms. The van der Waals surface area contributed by atoms with E-state index in [-0.39, 0.29) is 30.4 Å². The first-order chi connectivity index (χ1) is 13.4. The smallest absolute Gasteiger partial charge is 0.240 e. The molecule has 0 unspecified atom stereocenters. The Labute approximate surface area is 163 Å². The molecule has 2 heterocycles. The molecule has 0 saturated heterocycles. The summed E-state index contributed by atoms with van der Waals surface area (Å²) < 4.78 is 33.2. The first-order valence-corrected chi connectivity index (χ1v) is 10.3. The lowest BCUT2D eigenvalue weighted by molar-refractivity contribution is -0.117. The van der Waals surface area contributed by atoms with Crippen molar-refractivity contribution in [1.29, 1.82) is 0 Å². The van der Waals surface area contributed by atoms with Crippen LogP contribution in [0.25, 0.3) is 10.9 Å². The monoisotopic (exact) mass is 397 g/mol. The summed E-state index contributed by atoms with van der Waals surface area (Å²) in [5, 5.41) is 0.957. The van der Waals surface area contributed by atoms with Crippen molar-refractivity contribution < 1.29 is 17.9 Å². The van der Waals surface area contributed by atoms with Crippen LogP contribution in [0.15, 0.2) is 59.6 Å². The second-order valence-corrected chi connectivity index (χ2v) is 8.29. The van der Waals surface area contributed by atoms with E-state index in [1.165, 1.54) is 11.0 Å². The molecule has 0 bridgehead atoms. The molecule has 1 aromatic heterocycles. The molecule has 3 aromatic rings. The van der Waals surface area contributed by atoms with Gasteiger partial charge in [-0.15, -0.1) is 0 Å². The van der Waals surface area contributed by atoms with E-state index in [1.54, 1.807) is 31.4 Å². The molecule has 0 spiro atoms. The molecular weight excluding hydrogens is 378 g/mol. The van der Waals surface area contributed by atoms with Gasteiger partial charge in [-0.2, -0.15) is 0 Å². The summed E-state index contributed by atoms with van der Waals surface area (Å²) in [7, 11) is -1.99. The van der Waals surface area contributed by atoms with E-state index < -0.39 is 10.0 Å². The number of anilines is 1. The normalized spacial score (nSPS) is 13.8. The summed E-state index contributed by atoms with van der Waals surface area (Å²) in [6, 6.07) is 14.0. The van der Waals surface area contributed by atoms with E-state index in [4.69, 9.17) is 4.74 Å². The van der Waals surface area contributed by atoms with Gasteiger partial charge in [0.05, 0.1) is 16.8 Å². The first kappa shape index (κ1) is 18.4. The second-order valence-electron chi connectivity index (χ2n) is 6.52. The lowest BCUT2D eigenvalue weighted by Gasteiger charge is -2.12. The van der Waals surface area contributed by atoms with Gasteiger partial charge in [0, 0.05) is 30.9 Å². The standard InChI is InChI=1S/C20H19N3O4S/c1-23-19-7-5-17(12-15(19)13-20(23)24)28(25,26)22-9-10-27-16-4-6-18-14(11-16)3-2-8-21-18/h2-8,11-12,22H,9-10,13H2,1H3. The number of amides is 1. The Morgan fingerprint density at radius 1 is 1.18 bits per heavy atom. The molecule has 1 aliphatic rings. The average Bonchev–Trinajstić information content (AvgIpc) is 2.98. The lowest BCUT2D eigenvalue weighted by Crippen LogP contribution is -2.28. The molecule has 0 fully saturated rings. The van der Waals surface area contributed by atoms with Gasteiger partial charge in [-0.1, -0.05) is 6.07 Å². The summed E-state index contributed by atoms with van der Waals surface area (Å²) in [5.41, 5.74) is 2.34. The maximum absolute atomic E-state index is 12.5. The van der Waals surface area contributed by atoms with Crippen LogP contribution in [-0.2, 0) is 21.2 Å². The summed E-state index contributed by atoms with van der Waals surface area (Å²) in [6.07, 6.45) is 1.94. The molecule has 1 amide bonds. The maximum atomic E-state index is 12.5. The van der Waals surface area contributed by atoms with Crippen molar-refractivity contribution in [1.82, 2.24) is 9.71 Å². The highest BCUT2D eigenvalue weighted by Crippen LogP contribution is 2.29. The maximum Gasteiger partial charge on any atom is 0.240 e. The predicted molar refractivity (Wildman–Crippen MR) is 106 cm³/mol. The fourth-order valence-electron chi connectivity index (χ4n) is 3.19. The zero-order valence-corrected chi connectivity index (χ0v) is 16.1. The summed E-state index contributed by atoms with van der Waals surface area (Å²) in [4.78, 5) is 17.7. The Bertz CT molecular complexity index is 1160. The molecule has 0 radical (unpaired) electrons. The number of sulfonamides is 1. The van der Waals surface area contributed by atoms with Gasteiger partial charge in [-0.05, 0) is 48.0 Å². The van der Waals surface area contributed by atoms with Crippen molar-refractivity contribution in [2.24, 2.45) is 0 Å². The summed E-state index contributed by atoms with van der Waals surface area (Å²) in [5.74, 6) is 0.607. The topological polar surface area (TPSA) is 88.6 Å². The van der Waals surface area contributed by atoms with Gasteiger partial charge < -0.3 is 9.64 Å². The number of hydrogen-bond donors (Lipinski definition) is 1. The summed E-state index contributed by atoms with van der Waals surface area (Å²) >= 11 is 0. The quantitative estimate of drug-likeness (QED) is 0.644. The largest absolute Gasteiger partial charge is 0.492 e. The number of fused-ring (bicyclic) bond motifs is 2. The molecule has 4 rings (SSSR count). The Kier molecular flexibility index (Phi) is 4.74. The van der Waals surface area contributed by atoms with Crippen molar-refractivity contribution in [3.63, 3.8) is 0 Å². The van der Waals surface area contributed by atoms with E-state index in [2.05, 4.69) is 9.71 Å². The molecule has 7 nitrogen and oxygen atoms in total. The molecule has 0 saturated carbocycles. The van der Waals surface area contributed by atoms with Gasteiger partial charge in [0.1, 0.15) is 12.4 Å². The second kappa shape index (κ2) is 7.21. The first-order valence-electron chi connectivity index (χ1n) is 8.81. The van der Waals surface area contributed by atoms with E-state index in [0.29, 0.717) is 5.75 Å². The lowest BCUT2D eigenvalue weighted by atomic mass is 10.2. The zero-order valence-electron chi connectivity index (χ0n) is 15.3. The van der Waals surface area contributed by atoms with E-state index in [1.807, 2.05) is 24.3 Å². The highest BCUT2D eigenvalue weighted by molar-refractivity contribution is 7.89. The Morgan fingerprint density at radius 2 is 2.04 bits per heavy atom. The van der Waals surface area contributed by atoms with Gasteiger partial charge >= 0.3 is 0 Å². The van der Waals surface area contributed by atoms with Crippen LogP contribution in [0.3, 0.4) is 0 Å². The van der Waals surface area contributed by atoms with Crippen molar-refractivity contribution >= 4 is 32.5 Å². The highest BCUT2D eigenvalue weighted by Gasteiger charge is 2.26. The van der Waals surface area contributed by atoms with Crippen molar-refractivity contribution in [2.75, 3.05) is 25.1 Å². The van der Waals surface area contributed by atoms with Crippen molar-refractivity contribution in [3.8, 4) is 5.75 Å². The average molecular weight is 397 g/mol. The zero-order chi connectivity index (χ0) is 19.7. The Hall–Kier alpha value is -2.97. The number of likely N-dealkylation sites (N-methyl/N-ethyl adjacent to an activating group) is 1. The van der Waals surface area contributed by atoms with Crippen LogP contribution in [0.4, 0.5) is 5.69 Å². The summed E-state index contributed by atoms with van der Waals surface area (Å²) in [6.45, 7) is 0.320. The highest BCUT2D eigenvalue weighted by atomic mass is 32.2. The molecule has 0 atom stereocenters. The predicted octanol–water partition coefficient (Wildman–Crippen LogP) is 2.11. The Morgan fingerprint density at radius 3 is 2.89 bits per heavy atom. The van der Waals surface area contributed by atoms with Crippen LogP contribution >= 0.6 is 0 Å². The minimum atomic E-state index is -3.68. The minimum Gasteiger partial charge on any atom is -0.492 e. The molecular formula is C20H19N3O4S. The number of nitrogens with zero attached hydrogens (tertiary/aromatic N) is 2.